The fraction of sp³-hybridized carbons (Fsp3) is 0.533. The Kier molecular flexibility index (Phi) is 5.36. The van der Waals surface area contributed by atoms with Gasteiger partial charge in [0.2, 0.25) is 15.9 Å². The molecule has 0 bridgehead atoms. The van der Waals surface area contributed by atoms with Crippen LogP contribution in [0.3, 0.4) is 0 Å². The van der Waals surface area contributed by atoms with Crippen LogP contribution in [0.15, 0.2) is 29.2 Å². The summed E-state index contributed by atoms with van der Waals surface area (Å²) in [4.78, 5) is 12.3. The van der Waals surface area contributed by atoms with Crippen LogP contribution in [-0.2, 0) is 14.8 Å². The molecule has 1 aromatic rings. The maximum atomic E-state index is 12.3. The van der Waals surface area contributed by atoms with Gasteiger partial charge in [0.15, 0.2) is 0 Å². The molecule has 3 N–H and O–H groups in total. The van der Waals surface area contributed by atoms with Crippen molar-refractivity contribution in [2.45, 2.75) is 49.8 Å². The van der Waals surface area contributed by atoms with Crippen LogP contribution in [0, 0.1) is 5.92 Å². The number of primary sulfonamides is 1. The molecular weight excluding hydrogens is 288 g/mol. The molecule has 5 nitrogen and oxygen atoms in total. The number of anilines is 1. The Morgan fingerprint density at radius 3 is 2.33 bits per heavy atom. The van der Waals surface area contributed by atoms with E-state index in [0.717, 1.165) is 25.7 Å². The highest BCUT2D eigenvalue weighted by Crippen LogP contribution is 2.24. The summed E-state index contributed by atoms with van der Waals surface area (Å²) in [5.74, 6) is -0.00749. The van der Waals surface area contributed by atoms with Gasteiger partial charge in [-0.15, -0.1) is 0 Å². The molecule has 0 aliphatic heterocycles. The summed E-state index contributed by atoms with van der Waals surface area (Å²) >= 11 is 0. The lowest BCUT2D eigenvalue weighted by atomic mass is 9.90. The molecule has 0 aromatic heterocycles. The second-order valence-corrected chi connectivity index (χ2v) is 7.17. The molecular formula is C15H22N2O3S. The highest BCUT2D eigenvalue weighted by Gasteiger charge is 2.19. The summed E-state index contributed by atoms with van der Waals surface area (Å²) in [5.41, 5.74) is 0.480. The number of carbonyl (C=O) groups excluding carboxylic acids is 1. The highest BCUT2D eigenvalue weighted by molar-refractivity contribution is 7.89. The van der Waals surface area contributed by atoms with E-state index in [1.54, 1.807) is 12.1 Å². The Hall–Kier alpha value is -1.40. The van der Waals surface area contributed by atoms with Crippen molar-refractivity contribution in [3.8, 4) is 0 Å². The Morgan fingerprint density at radius 2 is 1.71 bits per heavy atom. The van der Waals surface area contributed by atoms with Gasteiger partial charge >= 0.3 is 0 Å². The predicted molar refractivity (Wildman–Crippen MR) is 82.3 cm³/mol. The van der Waals surface area contributed by atoms with Crippen molar-refractivity contribution in [3.63, 3.8) is 0 Å². The average molecular weight is 310 g/mol. The van der Waals surface area contributed by atoms with E-state index < -0.39 is 10.0 Å². The van der Waals surface area contributed by atoms with E-state index >= 15 is 0 Å². The molecule has 1 aromatic carbocycles. The van der Waals surface area contributed by atoms with Gasteiger partial charge < -0.3 is 5.32 Å². The molecule has 0 atom stereocenters. The minimum Gasteiger partial charge on any atom is -0.326 e. The molecule has 6 heteroatoms. The van der Waals surface area contributed by atoms with Gasteiger partial charge in [-0.05, 0) is 31.0 Å². The van der Waals surface area contributed by atoms with Crippen LogP contribution in [-0.4, -0.2) is 14.3 Å². The zero-order valence-corrected chi connectivity index (χ0v) is 12.9. The van der Waals surface area contributed by atoms with Crippen LogP contribution in [0.5, 0.6) is 0 Å². The Bertz CT molecular complexity index is 591. The predicted octanol–water partition coefficient (Wildman–Crippen LogP) is 2.63. The topological polar surface area (TPSA) is 89.3 Å². The molecule has 116 valence electrons. The quantitative estimate of drug-likeness (QED) is 0.899. The normalized spacial score (nSPS) is 17.8. The largest absolute Gasteiger partial charge is 0.326 e. The van der Waals surface area contributed by atoms with Gasteiger partial charge in [0.1, 0.15) is 0 Å². The van der Waals surface area contributed by atoms with Crippen molar-refractivity contribution in [1.82, 2.24) is 0 Å². The molecule has 0 heterocycles. The summed E-state index contributed by atoms with van der Waals surface area (Å²) in [5, 5.41) is 7.91. The van der Waals surface area contributed by atoms with Crippen LogP contribution >= 0.6 is 0 Å². The first kappa shape index (κ1) is 16.0. The van der Waals surface area contributed by atoms with Crippen LogP contribution in [0.2, 0.25) is 0 Å². The van der Waals surface area contributed by atoms with Crippen LogP contribution in [0.25, 0.3) is 0 Å². The van der Waals surface area contributed by atoms with Crippen molar-refractivity contribution in [2.24, 2.45) is 11.1 Å². The SMILES string of the molecule is NS(=O)(=O)c1cccc(NC(=O)C2CCCCCCC2)c1. The molecule has 1 aliphatic rings. The number of rotatable bonds is 3. The smallest absolute Gasteiger partial charge is 0.238 e. The van der Waals surface area contributed by atoms with Gasteiger partial charge in [0.25, 0.3) is 0 Å². The van der Waals surface area contributed by atoms with Crippen molar-refractivity contribution in [1.29, 1.82) is 0 Å². The second kappa shape index (κ2) is 7.04. The lowest BCUT2D eigenvalue weighted by Gasteiger charge is -2.19. The molecule has 0 radical (unpaired) electrons. The first-order valence-electron chi connectivity index (χ1n) is 7.40. The summed E-state index contributed by atoms with van der Waals surface area (Å²) < 4.78 is 22.6. The lowest BCUT2D eigenvalue weighted by Crippen LogP contribution is -2.23. The van der Waals surface area contributed by atoms with Gasteiger partial charge in [-0.3, -0.25) is 4.79 Å². The number of benzene rings is 1. The zero-order valence-electron chi connectivity index (χ0n) is 12.0. The van der Waals surface area contributed by atoms with E-state index in [2.05, 4.69) is 5.32 Å². The minimum absolute atomic E-state index is 0.0120. The third-order valence-corrected chi connectivity index (χ3v) is 4.82. The van der Waals surface area contributed by atoms with Crippen LogP contribution in [0.4, 0.5) is 5.69 Å². The van der Waals surface area contributed by atoms with Crippen LogP contribution in [0.1, 0.15) is 44.9 Å². The first-order chi connectivity index (χ1) is 9.97. The lowest BCUT2D eigenvalue weighted by molar-refractivity contribution is -0.120. The van der Waals surface area contributed by atoms with Crippen molar-refractivity contribution in [3.05, 3.63) is 24.3 Å². The Labute approximate surface area is 126 Å². The molecule has 0 saturated heterocycles. The standard InChI is InChI=1S/C15H22N2O3S/c16-21(19,20)14-10-6-9-13(11-14)17-15(18)12-7-4-2-1-3-5-8-12/h6,9-12H,1-5,7-8H2,(H,17,18)(H2,16,19,20). The fourth-order valence-corrected chi connectivity index (χ4v) is 3.27. The van der Waals surface area contributed by atoms with Gasteiger partial charge in [-0.1, -0.05) is 38.2 Å². The summed E-state index contributed by atoms with van der Waals surface area (Å²) in [6, 6.07) is 6.07. The Morgan fingerprint density at radius 1 is 1.10 bits per heavy atom. The number of amides is 1. The number of hydrogen-bond acceptors (Lipinski definition) is 3. The molecule has 0 unspecified atom stereocenters. The van der Waals surface area contributed by atoms with Gasteiger partial charge in [-0.25, -0.2) is 13.6 Å². The molecule has 0 spiro atoms. The maximum Gasteiger partial charge on any atom is 0.238 e. The zero-order chi connectivity index (χ0) is 15.3. The van der Waals surface area contributed by atoms with Gasteiger partial charge in [-0.2, -0.15) is 0 Å². The number of sulfonamides is 1. The van der Waals surface area contributed by atoms with E-state index in [4.69, 9.17) is 5.14 Å². The minimum atomic E-state index is -3.75. The molecule has 1 aliphatic carbocycles. The second-order valence-electron chi connectivity index (χ2n) is 5.60. The summed E-state index contributed by atoms with van der Waals surface area (Å²) in [6.45, 7) is 0. The third kappa shape index (κ3) is 4.82. The van der Waals surface area contributed by atoms with E-state index in [1.807, 2.05) is 0 Å². The first-order valence-corrected chi connectivity index (χ1v) is 8.95. The number of hydrogen-bond donors (Lipinski definition) is 2. The molecule has 2 rings (SSSR count). The number of carbonyl (C=O) groups is 1. The number of nitrogens with one attached hydrogen (secondary N) is 1. The summed E-state index contributed by atoms with van der Waals surface area (Å²) in [6.07, 6.45) is 7.59. The maximum absolute atomic E-state index is 12.3. The highest BCUT2D eigenvalue weighted by atomic mass is 32.2. The average Bonchev–Trinajstić information content (AvgIpc) is 2.37. The number of nitrogens with two attached hydrogens (primary N) is 1. The van der Waals surface area contributed by atoms with Crippen LogP contribution < -0.4 is 10.5 Å². The van der Waals surface area contributed by atoms with Gasteiger partial charge in [0.05, 0.1) is 4.90 Å². The summed E-state index contributed by atoms with van der Waals surface area (Å²) in [7, 11) is -3.75. The molecule has 1 fully saturated rings. The van der Waals surface area contributed by atoms with E-state index in [0.29, 0.717) is 5.69 Å². The van der Waals surface area contributed by atoms with E-state index in [9.17, 15) is 13.2 Å². The molecule has 21 heavy (non-hydrogen) atoms. The van der Waals surface area contributed by atoms with E-state index in [-0.39, 0.29) is 16.7 Å². The fourth-order valence-electron chi connectivity index (χ4n) is 2.71. The van der Waals surface area contributed by atoms with Crippen molar-refractivity contribution >= 4 is 21.6 Å². The monoisotopic (exact) mass is 310 g/mol. The molecule has 1 saturated carbocycles. The van der Waals surface area contributed by atoms with Crippen molar-refractivity contribution < 1.29 is 13.2 Å². The van der Waals surface area contributed by atoms with Crippen molar-refractivity contribution in [2.75, 3.05) is 5.32 Å². The molecule has 1 amide bonds. The Balaban J connectivity index is 2.04. The van der Waals surface area contributed by atoms with Gasteiger partial charge in [0, 0.05) is 11.6 Å². The third-order valence-electron chi connectivity index (χ3n) is 3.91. The van der Waals surface area contributed by atoms with E-state index in [1.165, 1.54) is 31.4 Å².